The van der Waals surface area contributed by atoms with Crippen molar-refractivity contribution in [3.8, 4) is 45.0 Å². The third-order valence-electron chi connectivity index (χ3n) is 11.1. The van der Waals surface area contributed by atoms with Gasteiger partial charge in [-0.2, -0.15) is 0 Å². The Bertz CT molecular complexity index is 2800. The summed E-state index contributed by atoms with van der Waals surface area (Å²) in [5, 5.41) is 2.17. The summed E-state index contributed by atoms with van der Waals surface area (Å²) in [6.45, 7) is 0. The number of para-hydroxylation sites is 1. The first-order chi connectivity index (χ1) is 26.3. The highest BCUT2D eigenvalue weighted by Crippen LogP contribution is 2.51. The quantitative estimate of drug-likeness (QED) is 0.182. The van der Waals surface area contributed by atoms with E-state index in [1.54, 1.807) is 0 Å². The Hall–Kier alpha value is -6.84. The molecule has 0 aliphatic heterocycles. The van der Waals surface area contributed by atoms with Crippen LogP contribution in [-0.4, -0.2) is 9.97 Å². The van der Waals surface area contributed by atoms with Crippen molar-refractivity contribution in [1.29, 1.82) is 0 Å². The van der Waals surface area contributed by atoms with Crippen LogP contribution in [0.15, 0.2) is 209 Å². The molecule has 7 aromatic rings. The molecule has 5 aromatic carbocycles. The Morgan fingerprint density at radius 2 is 1.15 bits per heavy atom. The maximum Gasteiger partial charge on any atom is 0.160 e. The molecule has 0 amide bonds. The van der Waals surface area contributed by atoms with Crippen LogP contribution < -0.4 is 0 Å². The van der Waals surface area contributed by atoms with Gasteiger partial charge in [0, 0.05) is 44.9 Å². The fourth-order valence-corrected chi connectivity index (χ4v) is 8.67. The van der Waals surface area contributed by atoms with E-state index in [1.165, 1.54) is 33.4 Å². The standard InChI is InChI=1S/C50H32N2O/c1-3-10-32(11-4-1)42-30-43(52-50(51-42)37-12-5-2-6-13-37)40-28-29-45-49(41-16-7-8-17-44(41)53-45)48(40)35-20-18-31(19-21-35)38-26-24-36-23-22-33-14-9-15-34-25-27-39(38)47(36)46(33)34/h1-30,46-47H. The molecule has 0 N–H and O–H groups in total. The topological polar surface area (TPSA) is 38.9 Å². The number of allylic oxidation sites excluding steroid dienone is 14. The van der Waals surface area contributed by atoms with E-state index in [9.17, 15) is 0 Å². The second-order valence-electron chi connectivity index (χ2n) is 14.1. The molecule has 2 heterocycles. The Morgan fingerprint density at radius 1 is 0.472 bits per heavy atom. The molecule has 11 rings (SSSR count). The number of hydrogen-bond donors (Lipinski definition) is 0. The monoisotopic (exact) mass is 676 g/mol. The van der Waals surface area contributed by atoms with Crippen LogP contribution in [0, 0.1) is 11.8 Å². The Morgan fingerprint density at radius 3 is 1.98 bits per heavy atom. The first-order valence-electron chi connectivity index (χ1n) is 18.2. The largest absolute Gasteiger partial charge is 0.456 e. The van der Waals surface area contributed by atoms with Gasteiger partial charge in [-0.3, -0.25) is 0 Å². The summed E-state index contributed by atoms with van der Waals surface area (Å²) in [6, 6.07) is 44.4. The zero-order valence-corrected chi connectivity index (χ0v) is 28.8. The summed E-state index contributed by atoms with van der Waals surface area (Å²) in [5.74, 6) is 1.41. The lowest BCUT2D eigenvalue weighted by atomic mass is 9.63. The zero-order chi connectivity index (χ0) is 34.9. The normalized spacial score (nSPS) is 18.2. The number of furan rings is 1. The number of hydrogen-bond acceptors (Lipinski definition) is 3. The predicted molar refractivity (Wildman–Crippen MR) is 217 cm³/mol. The number of benzene rings is 5. The molecule has 0 saturated heterocycles. The van der Waals surface area contributed by atoms with E-state index in [-0.39, 0.29) is 0 Å². The first-order valence-corrected chi connectivity index (χ1v) is 18.2. The summed E-state index contributed by atoms with van der Waals surface area (Å²) in [7, 11) is 0. The van der Waals surface area contributed by atoms with Gasteiger partial charge < -0.3 is 4.42 Å². The molecule has 0 spiro atoms. The lowest BCUT2D eigenvalue weighted by Gasteiger charge is -2.40. The van der Waals surface area contributed by atoms with Crippen molar-refractivity contribution >= 4 is 27.5 Å². The van der Waals surface area contributed by atoms with Crippen molar-refractivity contribution in [3.63, 3.8) is 0 Å². The first kappa shape index (κ1) is 29.8. The second-order valence-corrected chi connectivity index (χ2v) is 14.1. The van der Waals surface area contributed by atoms with Crippen LogP contribution in [0.1, 0.15) is 5.56 Å². The SMILES string of the molecule is C1=CC2=CC=C3C=CC(c4ccc(-c5c(-c6cc(-c7ccccc7)nc(-c7ccccc7)n6)ccc6oc7ccccc7c56)cc4)=C4C=CC(=C1)C2C34. The minimum Gasteiger partial charge on any atom is -0.456 e. The molecule has 53 heavy (non-hydrogen) atoms. The maximum atomic E-state index is 6.46. The van der Waals surface area contributed by atoms with E-state index in [4.69, 9.17) is 14.4 Å². The smallest absolute Gasteiger partial charge is 0.160 e. The molecule has 4 aliphatic carbocycles. The molecular formula is C50H32N2O. The van der Waals surface area contributed by atoms with Gasteiger partial charge in [-0.05, 0) is 63.3 Å². The molecule has 0 radical (unpaired) electrons. The van der Waals surface area contributed by atoms with E-state index in [0.29, 0.717) is 17.7 Å². The van der Waals surface area contributed by atoms with Crippen LogP contribution in [0.2, 0.25) is 0 Å². The van der Waals surface area contributed by atoms with Crippen molar-refractivity contribution < 1.29 is 4.42 Å². The Balaban J connectivity index is 1.10. The van der Waals surface area contributed by atoms with Crippen LogP contribution in [0.3, 0.4) is 0 Å². The van der Waals surface area contributed by atoms with Crippen LogP contribution in [0.5, 0.6) is 0 Å². The molecular weight excluding hydrogens is 645 g/mol. The lowest BCUT2D eigenvalue weighted by molar-refractivity contribution is 0.566. The van der Waals surface area contributed by atoms with Gasteiger partial charge in [-0.15, -0.1) is 0 Å². The van der Waals surface area contributed by atoms with Crippen molar-refractivity contribution in [3.05, 3.63) is 210 Å². The second kappa shape index (κ2) is 11.9. The molecule has 248 valence electrons. The van der Waals surface area contributed by atoms with Crippen molar-refractivity contribution in [2.45, 2.75) is 0 Å². The van der Waals surface area contributed by atoms with Crippen molar-refractivity contribution in [2.24, 2.45) is 11.8 Å². The predicted octanol–water partition coefficient (Wildman–Crippen LogP) is 12.5. The van der Waals surface area contributed by atoms with Crippen LogP contribution in [-0.2, 0) is 0 Å². The number of fused-ring (bicyclic) bond motifs is 3. The molecule has 0 saturated carbocycles. The van der Waals surface area contributed by atoms with Gasteiger partial charge in [-0.1, -0.05) is 158 Å². The summed E-state index contributed by atoms with van der Waals surface area (Å²) in [4.78, 5) is 10.3. The van der Waals surface area contributed by atoms with Crippen LogP contribution in [0.25, 0.3) is 72.5 Å². The van der Waals surface area contributed by atoms with E-state index < -0.39 is 0 Å². The summed E-state index contributed by atoms with van der Waals surface area (Å²) >= 11 is 0. The van der Waals surface area contributed by atoms with Crippen molar-refractivity contribution in [2.75, 3.05) is 0 Å². The molecule has 2 aromatic heterocycles. The average Bonchev–Trinajstić information content (AvgIpc) is 3.62. The zero-order valence-electron chi connectivity index (χ0n) is 28.8. The molecule has 2 unspecified atom stereocenters. The number of rotatable bonds is 5. The van der Waals surface area contributed by atoms with Crippen LogP contribution in [0.4, 0.5) is 0 Å². The molecule has 3 heteroatoms. The van der Waals surface area contributed by atoms with E-state index in [1.807, 2.05) is 36.4 Å². The molecule has 4 aliphatic rings. The van der Waals surface area contributed by atoms with Crippen LogP contribution >= 0.6 is 0 Å². The highest BCUT2D eigenvalue weighted by Gasteiger charge is 2.38. The van der Waals surface area contributed by atoms with E-state index in [2.05, 4.69) is 146 Å². The summed E-state index contributed by atoms with van der Waals surface area (Å²) in [5.41, 5.74) is 16.8. The third kappa shape index (κ3) is 4.82. The van der Waals surface area contributed by atoms with Crippen molar-refractivity contribution in [1.82, 2.24) is 9.97 Å². The fraction of sp³-hybridized carbons (Fsp3) is 0.0400. The summed E-state index contributed by atoms with van der Waals surface area (Å²) in [6.07, 6.45) is 20.6. The molecule has 0 fully saturated rings. The number of aromatic nitrogens is 2. The highest BCUT2D eigenvalue weighted by atomic mass is 16.3. The third-order valence-corrected chi connectivity index (χ3v) is 11.1. The van der Waals surface area contributed by atoms with Gasteiger partial charge >= 0.3 is 0 Å². The minimum absolute atomic E-state index is 0.337. The molecule has 3 nitrogen and oxygen atoms in total. The fourth-order valence-electron chi connectivity index (χ4n) is 8.67. The Labute approximate surface area is 307 Å². The average molecular weight is 677 g/mol. The Kier molecular flexibility index (Phi) is 6.68. The number of nitrogens with zero attached hydrogens (tertiary/aromatic N) is 2. The van der Waals surface area contributed by atoms with Gasteiger partial charge in [0.25, 0.3) is 0 Å². The van der Waals surface area contributed by atoms with Gasteiger partial charge in [0.1, 0.15) is 11.2 Å². The van der Waals surface area contributed by atoms with Gasteiger partial charge in [-0.25, -0.2) is 9.97 Å². The molecule has 0 bridgehead atoms. The van der Waals surface area contributed by atoms with E-state index in [0.717, 1.165) is 61.1 Å². The van der Waals surface area contributed by atoms with E-state index >= 15 is 0 Å². The maximum absolute atomic E-state index is 6.46. The van der Waals surface area contributed by atoms with Gasteiger partial charge in [0.15, 0.2) is 5.82 Å². The minimum atomic E-state index is 0.337. The highest BCUT2D eigenvalue weighted by molar-refractivity contribution is 6.15. The van der Waals surface area contributed by atoms with Gasteiger partial charge in [0.2, 0.25) is 0 Å². The lowest BCUT2D eigenvalue weighted by Crippen LogP contribution is -2.29. The summed E-state index contributed by atoms with van der Waals surface area (Å²) < 4.78 is 6.46. The van der Waals surface area contributed by atoms with Gasteiger partial charge in [0.05, 0.1) is 11.4 Å². The molecule has 2 atom stereocenters.